The number of hydrogen-bond acceptors (Lipinski definition) is 4. The van der Waals surface area contributed by atoms with Crippen LogP contribution in [-0.4, -0.2) is 68.4 Å². The summed E-state index contributed by atoms with van der Waals surface area (Å²) in [5.74, 6) is 0.838. The van der Waals surface area contributed by atoms with Gasteiger partial charge in [-0.25, -0.2) is 4.79 Å². The van der Waals surface area contributed by atoms with E-state index in [1.165, 1.54) is 25.7 Å². The third-order valence-electron chi connectivity index (χ3n) is 4.32. The summed E-state index contributed by atoms with van der Waals surface area (Å²) in [4.78, 5) is 18.6. The number of nitrogens with zero attached hydrogens (tertiary/aromatic N) is 2. The van der Waals surface area contributed by atoms with Crippen LogP contribution >= 0.6 is 24.0 Å². The molecule has 0 aromatic carbocycles. The van der Waals surface area contributed by atoms with Gasteiger partial charge in [-0.2, -0.15) is 0 Å². The third-order valence-corrected chi connectivity index (χ3v) is 4.32. The SMILES string of the molecule is CCNC(=NCCCNC(=O)OC(C)(C)C)NCCN(C)C1CCCC1.I. The molecule has 0 aromatic rings. The third kappa shape index (κ3) is 13.1. The molecular formula is C19H40IN5O2. The van der Waals surface area contributed by atoms with Gasteiger partial charge in [0.25, 0.3) is 0 Å². The minimum Gasteiger partial charge on any atom is -0.444 e. The molecule has 0 radical (unpaired) electrons. The molecule has 0 spiro atoms. The van der Waals surface area contributed by atoms with Crippen LogP contribution in [0.2, 0.25) is 0 Å². The zero-order valence-corrected chi connectivity index (χ0v) is 20.1. The fourth-order valence-corrected chi connectivity index (χ4v) is 2.99. The monoisotopic (exact) mass is 497 g/mol. The number of nitrogens with one attached hydrogen (secondary N) is 3. The lowest BCUT2D eigenvalue weighted by molar-refractivity contribution is 0.0527. The van der Waals surface area contributed by atoms with Crippen molar-refractivity contribution in [3.8, 4) is 0 Å². The predicted octanol–water partition coefficient (Wildman–Crippen LogP) is 2.95. The van der Waals surface area contributed by atoms with E-state index in [1.807, 2.05) is 20.8 Å². The van der Waals surface area contributed by atoms with E-state index in [4.69, 9.17) is 4.74 Å². The normalized spacial score (nSPS) is 15.4. The quantitative estimate of drug-likeness (QED) is 0.198. The molecule has 0 saturated heterocycles. The number of guanidine groups is 1. The number of amides is 1. The van der Waals surface area contributed by atoms with Gasteiger partial charge in [0.1, 0.15) is 5.60 Å². The molecule has 27 heavy (non-hydrogen) atoms. The van der Waals surface area contributed by atoms with E-state index in [1.54, 1.807) is 0 Å². The van der Waals surface area contributed by atoms with E-state index in [0.717, 1.165) is 38.1 Å². The number of likely N-dealkylation sites (N-methyl/N-ethyl adjacent to an activating group) is 1. The Morgan fingerprint density at radius 1 is 1.15 bits per heavy atom. The number of aliphatic imine (C=N–C) groups is 1. The van der Waals surface area contributed by atoms with E-state index < -0.39 is 5.60 Å². The average Bonchev–Trinajstić information content (AvgIpc) is 3.07. The molecule has 1 aliphatic rings. The number of carbonyl (C=O) groups is 1. The molecule has 1 fully saturated rings. The van der Waals surface area contributed by atoms with Crippen molar-refractivity contribution in [1.82, 2.24) is 20.9 Å². The fraction of sp³-hybridized carbons (Fsp3) is 0.895. The molecule has 0 heterocycles. The van der Waals surface area contributed by atoms with Gasteiger partial charge < -0.3 is 25.6 Å². The van der Waals surface area contributed by atoms with Gasteiger partial charge >= 0.3 is 6.09 Å². The number of hydrogen-bond donors (Lipinski definition) is 3. The molecule has 160 valence electrons. The number of rotatable bonds is 9. The van der Waals surface area contributed by atoms with Crippen molar-refractivity contribution in [3.63, 3.8) is 0 Å². The average molecular weight is 497 g/mol. The first kappa shape index (κ1) is 26.2. The summed E-state index contributed by atoms with van der Waals surface area (Å²) in [5, 5.41) is 9.41. The van der Waals surface area contributed by atoms with Crippen LogP contribution in [0.4, 0.5) is 4.79 Å². The highest BCUT2D eigenvalue weighted by Gasteiger charge is 2.19. The summed E-state index contributed by atoms with van der Waals surface area (Å²) >= 11 is 0. The van der Waals surface area contributed by atoms with Gasteiger partial charge in [0, 0.05) is 38.8 Å². The fourth-order valence-electron chi connectivity index (χ4n) is 2.99. The molecule has 0 unspecified atom stereocenters. The van der Waals surface area contributed by atoms with E-state index in [2.05, 4.69) is 39.8 Å². The summed E-state index contributed by atoms with van der Waals surface area (Å²) < 4.78 is 5.21. The molecule has 0 bridgehead atoms. The van der Waals surface area contributed by atoms with Crippen LogP contribution < -0.4 is 16.0 Å². The van der Waals surface area contributed by atoms with Crippen LogP contribution in [0.25, 0.3) is 0 Å². The van der Waals surface area contributed by atoms with E-state index in [0.29, 0.717) is 13.1 Å². The maximum Gasteiger partial charge on any atom is 0.407 e. The molecular weight excluding hydrogens is 457 g/mol. The summed E-state index contributed by atoms with van der Waals surface area (Å²) in [7, 11) is 2.21. The van der Waals surface area contributed by atoms with Gasteiger partial charge in [0.05, 0.1) is 0 Å². The first-order valence-corrected chi connectivity index (χ1v) is 10.0. The van der Waals surface area contributed by atoms with Gasteiger partial charge in [-0.1, -0.05) is 12.8 Å². The molecule has 0 aromatic heterocycles. The second kappa shape index (κ2) is 14.3. The first-order chi connectivity index (χ1) is 12.3. The minimum atomic E-state index is -0.462. The summed E-state index contributed by atoms with van der Waals surface area (Å²) in [5.41, 5.74) is -0.462. The topological polar surface area (TPSA) is 78.0 Å². The summed E-state index contributed by atoms with van der Waals surface area (Å²) in [6, 6.07) is 0.746. The second-order valence-electron chi connectivity index (χ2n) is 7.89. The van der Waals surface area contributed by atoms with Crippen molar-refractivity contribution in [3.05, 3.63) is 0 Å². The largest absolute Gasteiger partial charge is 0.444 e. The smallest absolute Gasteiger partial charge is 0.407 e. The zero-order chi connectivity index (χ0) is 19.4. The Kier molecular flexibility index (Phi) is 13.9. The van der Waals surface area contributed by atoms with Gasteiger partial charge in [0.2, 0.25) is 0 Å². The lowest BCUT2D eigenvalue weighted by atomic mass is 10.2. The van der Waals surface area contributed by atoms with Crippen molar-refractivity contribution in [2.45, 2.75) is 71.4 Å². The second-order valence-corrected chi connectivity index (χ2v) is 7.89. The van der Waals surface area contributed by atoms with Crippen molar-refractivity contribution >= 4 is 36.0 Å². The molecule has 0 aliphatic heterocycles. The Balaban J connectivity index is 0.00000676. The Hall–Kier alpha value is -0.770. The Morgan fingerprint density at radius 2 is 1.81 bits per heavy atom. The molecule has 8 heteroatoms. The lowest BCUT2D eigenvalue weighted by Crippen LogP contribution is -2.42. The zero-order valence-electron chi connectivity index (χ0n) is 17.8. The molecule has 1 saturated carbocycles. The Morgan fingerprint density at radius 3 is 2.41 bits per heavy atom. The molecule has 1 rings (SSSR count). The van der Waals surface area contributed by atoms with E-state index >= 15 is 0 Å². The van der Waals surface area contributed by atoms with Crippen molar-refractivity contribution < 1.29 is 9.53 Å². The molecule has 7 nitrogen and oxygen atoms in total. The van der Waals surface area contributed by atoms with Crippen molar-refractivity contribution in [2.24, 2.45) is 4.99 Å². The molecule has 1 amide bonds. The van der Waals surface area contributed by atoms with E-state index in [-0.39, 0.29) is 30.1 Å². The molecule has 1 aliphatic carbocycles. The lowest BCUT2D eigenvalue weighted by Gasteiger charge is -2.24. The van der Waals surface area contributed by atoms with Gasteiger partial charge in [-0.05, 0) is 54.0 Å². The van der Waals surface area contributed by atoms with Crippen molar-refractivity contribution in [2.75, 3.05) is 39.8 Å². The summed E-state index contributed by atoms with van der Waals surface area (Å²) in [6.45, 7) is 11.6. The number of halogens is 1. The first-order valence-electron chi connectivity index (χ1n) is 10.0. The Bertz CT molecular complexity index is 434. The van der Waals surface area contributed by atoms with Crippen LogP contribution in [0, 0.1) is 0 Å². The molecule has 0 atom stereocenters. The van der Waals surface area contributed by atoms with Crippen LogP contribution in [-0.2, 0) is 4.74 Å². The predicted molar refractivity (Wildman–Crippen MR) is 123 cm³/mol. The van der Waals surface area contributed by atoms with Crippen molar-refractivity contribution in [1.29, 1.82) is 0 Å². The van der Waals surface area contributed by atoms with Crippen LogP contribution in [0.3, 0.4) is 0 Å². The number of ether oxygens (including phenoxy) is 1. The van der Waals surface area contributed by atoms with Gasteiger partial charge in [0.15, 0.2) is 5.96 Å². The maximum absolute atomic E-state index is 11.6. The summed E-state index contributed by atoms with van der Waals surface area (Å²) in [6.07, 6.45) is 5.79. The maximum atomic E-state index is 11.6. The number of carbonyl (C=O) groups excluding carboxylic acids is 1. The molecule has 3 N–H and O–H groups in total. The van der Waals surface area contributed by atoms with Crippen LogP contribution in [0.15, 0.2) is 4.99 Å². The van der Waals surface area contributed by atoms with Crippen LogP contribution in [0.1, 0.15) is 59.8 Å². The van der Waals surface area contributed by atoms with E-state index in [9.17, 15) is 4.79 Å². The van der Waals surface area contributed by atoms with Crippen LogP contribution in [0.5, 0.6) is 0 Å². The minimum absolute atomic E-state index is 0. The standard InChI is InChI=1S/C19H39N5O2.HI/c1-6-20-17(22-14-15-24(5)16-10-7-8-11-16)21-12-9-13-23-18(25)26-19(2,3)4;/h16H,6-15H2,1-5H3,(H,23,25)(H2,20,21,22);1H. The highest BCUT2D eigenvalue weighted by atomic mass is 127. The highest BCUT2D eigenvalue weighted by Crippen LogP contribution is 2.21. The van der Waals surface area contributed by atoms with Gasteiger partial charge in [-0.3, -0.25) is 4.99 Å². The Labute approximate surface area is 182 Å². The highest BCUT2D eigenvalue weighted by molar-refractivity contribution is 14.0. The van der Waals surface area contributed by atoms with Gasteiger partial charge in [-0.15, -0.1) is 24.0 Å². The number of alkyl carbamates (subject to hydrolysis) is 1.